The summed E-state index contributed by atoms with van der Waals surface area (Å²) in [7, 11) is 0. The van der Waals surface area contributed by atoms with Gasteiger partial charge >= 0.3 is 5.97 Å². The highest BCUT2D eigenvalue weighted by Gasteiger charge is 2.22. The highest BCUT2D eigenvalue weighted by molar-refractivity contribution is 5.77. The molecular formula is C23H31N5O5. The molecule has 1 unspecified atom stereocenters. The van der Waals surface area contributed by atoms with Crippen LogP contribution < -0.4 is 10.5 Å². The fourth-order valence-corrected chi connectivity index (χ4v) is 3.46. The predicted molar refractivity (Wildman–Crippen MR) is 122 cm³/mol. The lowest BCUT2D eigenvalue weighted by Crippen LogP contribution is -2.27. The molecule has 0 aliphatic rings. The van der Waals surface area contributed by atoms with Gasteiger partial charge in [-0.3, -0.25) is 4.79 Å². The highest BCUT2D eigenvalue weighted by atomic mass is 16.7. The second kappa shape index (κ2) is 12.1. The summed E-state index contributed by atoms with van der Waals surface area (Å²) in [6.45, 7) is 7.25. The number of esters is 1. The van der Waals surface area contributed by atoms with Gasteiger partial charge in [-0.25, -0.2) is 4.98 Å². The van der Waals surface area contributed by atoms with Crippen LogP contribution in [-0.4, -0.2) is 51.6 Å². The van der Waals surface area contributed by atoms with Crippen LogP contribution in [0.4, 0.5) is 5.95 Å². The van der Waals surface area contributed by atoms with Crippen LogP contribution in [0, 0.1) is 5.92 Å². The third-order valence-electron chi connectivity index (χ3n) is 4.88. The molecule has 1 atom stereocenters. The molecule has 0 saturated carbocycles. The van der Waals surface area contributed by atoms with E-state index < -0.39 is 6.29 Å². The predicted octanol–water partition coefficient (Wildman–Crippen LogP) is 2.96. The van der Waals surface area contributed by atoms with Gasteiger partial charge in [0.05, 0.1) is 12.9 Å². The third-order valence-corrected chi connectivity index (χ3v) is 4.88. The zero-order valence-corrected chi connectivity index (χ0v) is 19.3. The van der Waals surface area contributed by atoms with E-state index in [1.165, 1.54) is 6.92 Å². The molecule has 3 rings (SSSR count). The summed E-state index contributed by atoms with van der Waals surface area (Å²) >= 11 is 0. The maximum atomic E-state index is 11.5. The monoisotopic (exact) mass is 457 g/mol. The van der Waals surface area contributed by atoms with Crippen LogP contribution in [0.15, 0.2) is 36.7 Å². The number of nitrogens with two attached hydrogens (primary N) is 1. The quantitative estimate of drug-likeness (QED) is 0.305. The number of rotatable bonds is 13. The van der Waals surface area contributed by atoms with Crippen molar-refractivity contribution in [2.75, 3.05) is 25.6 Å². The van der Waals surface area contributed by atoms with Crippen LogP contribution in [0.5, 0.6) is 5.88 Å². The van der Waals surface area contributed by atoms with E-state index in [0.717, 1.165) is 5.56 Å². The Morgan fingerprint density at radius 2 is 1.85 bits per heavy atom. The Morgan fingerprint density at radius 1 is 1.12 bits per heavy atom. The number of benzene rings is 1. The van der Waals surface area contributed by atoms with Crippen molar-refractivity contribution in [1.29, 1.82) is 0 Å². The number of hydrogen-bond donors (Lipinski definition) is 1. The molecule has 2 N–H and O–H groups in total. The number of nitrogen functional groups attached to an aromatic ring is 1. The first-order chi connectivity index (χ1) is 16.0. The van der Waals surface area contributed by atoms with E-state index in [2.05, 4.69) is 15.0 Å². The van der Waals surface area contributed by atoms with Gasteiger partial charge in [0.1, 0.15) is 6.61 Å². The van der Waals surface area contributed by atoms with E-state index in [1.54, 1.807) is 6.33 Å². The first-order valence-electron chi connectivity index (χ1n) is 11.0. The summed E-state index contributed by atoms with van der Waals surface area (Å²) < 4.78 is 24.6. The van der Waals surface area contributed by atoms with Gasteiger partial charge in [0.15, 0.2) is 17.5 Å². The Balaban J connectivity index is 1.85. The third kappa shape index (κ3) is 7.13. The van der Waals surface area contributed by atoms with Crippen LogP contribution in [0.3, 0.4) is 0 Å². The van der Waals surface area contributed by atoms with E-state index >= 15 is 0 Å². The molecule has 0 aliphatic carbocycles. The number of fused-ring (bicyclic) bond motifs is 1. The first-order valence-corrected chi connectivity index (χ1v) is 11.0. The van der Waals surface area contributed by atoms with Crippen molar-refractivity contribution in [3.05, 3.63) is 42.2 Å². The van der Waals surface area contributed by atoms with Crippen LogP contribution >= 0.6 is 0 Å². The summed E-state index contributed by atoms with van der Waals surface area (Å²) in [6, 6.07) is 9.77. The average molecular weight is 458 g/mol. The molecule has 0 spiro atoms. The fourth-order valence-electron chi connectivity index (χ4n) is 3.46. The molecule has 0 fully saturated rings. The molecule has 10 heteroatoms. The zero-order chi connectivity index (χ0) is 23.6. The Bertz CT molecular complexity index is 1020. The van der Waals surface area contributed by atoms with Crippen LogP contribution in [0.2, 0.25) is 0 Å². The minimum Gasteiger partial charge on any atom is -0.471 e. The summed E-state index contributed by atoms with van der Waals surface area (Å²) in [5, 5.41) is 0. The molecule has 1 aromatic carbocycles. The molecule has 3 aromatic rings. The molecule has 33 heavy (non-hydrogen) atoms. The van der Waals surface area contributed by atoms with Gasteiger partial charge in [-0.05, 0) is 19.4 Å². The van der Waals surface area contributed by atoms with Crippen LogP contribution in [-0.2, 0) is 32.2 Å². The van der Waals surface area contributed by atoms with E-state index in [0.29, 0.717) is 49.8 Å². The van der Waals surface area contributed by atoms with E-state index in [4.69, 9.17) is 24.7 Å². The number of imidazole rings is 1. The van der Waals surface area contributed by atoms with Crippen LogP contribution in [0.25, 0.3) is 11.2 Å². The number of hydrogen-bond acceptors (Lipinski definition) is 9. The second-order valence-corrected chi connectivity index (χ2v) is 7.47. The number of nitrogens with zero attached hydrogens (tertiary/aromatic N) is 4. The maximum Gasteiger partial charge on any atom is 0.302 e. The standard InChI is InChI=1S/C23H31N5O5/c1-4-30-19(31-5-2)11-18(14-32-16(3)29)12-28-15-25-21-20(28)22(27-23(24)26-21)33-13-17-9-7-6-8-10-17/h6-10,15,18-19H,4-5,11-14H2,1-3H3,(H2,24,26,27). The molecule has 0 aliphatic heterocycles. The molecule has 10 nitrogen and oxygen atoms in total. The lowest BCUT2D eigenvalue weighted by molar-refractivity contribution is -0.156. The number of aromatic nitrogens is 4. The number of ether oxygens (including phenoxy) is 4. The summed E-state index contributed by atoms with van der Waals surface area (Å²) in [5.41, 5.74) is 7.93. The molecule has 178 valence electrons. The van der Waals surface area contributed by atoms with Gasteiger partial charge in [-0.15, -0.1) is 0 Å². The number of anilines is 1. The number of carbonyl (C=O) groups is 1. The van der Waals surface area contributed by atoms with Gasteiger partial charge in [0.25, 0.3) is 0 Å². The summed E-state index contributed by atoms with van der Waals surface area (Å²) in [5.74, 6) is -0.0203. The maximum absolute atomic E-state index is 11.5. The number of carbonyl (C=O) groups excluding carboxylic acids is 1. The van der Waals surface area contributed by atoms with E-state index in [-0.39, 0.29) is 24.4 Å². The van der Waals surface area contributed by atoms with E-state index in [1.807, 2.05) is 48.7 Å². The van der Waals surface area contributed by atoms with Crippen LogP contribution in [0.1, 0.15) is 32.8 Å². The highest BCUT2D eigenvalue weighted by Crippen LogP contribution is 2.26. The Kier molecular flexibility index (Phi) is 8.96. The van der Waals surface area contributed by atoms with E-state index in [9.17, 15) is 4.79 Å². The minimum absolute atomic E-state index is 0.0834. The Morgan fingerprint density at radius 3 is 2.52 bits per heavy atom. The minimum atomic E-state index is -0.406. The smallest absolute Gasteiger partial charge is 0.302 e. The molecule has 2 heterocycles. The molecule has 0 radical (unpaired) electrons. The van der Waals surface area contributed by atoms with Gasteiger partial charge in [-0.1, -0.05) is 30.3 Å². The summed E-state index contributed by atoms with van der Waals surface area (Å²) in [4.78, 5) is 24.4. The van der Waals surface area contributed by atoms with Crippen molar-refractivity contribution >= 4 is 23.1 Å². The van der Waals surface area contributed by atoms with Gasteiger partial charge in [0, 0.05) is 39.0 Å². The molecule has 0 amide bonds. The Labute approximate surface area is 193 Å². The van der Waals surface area contributed by atoms with Crippen molar-refractivity contribution in [2.45, 2.75) is 46.6 Å². The van der Waals surface area contributed by atoms with Gasteiger partial charge in [0.2, 0.25) is 11.8 Å². The first kappa shape index (κ1) is 24.4. The fraction of sp³-hybridized carbons (Fsp3) is 0.478. The lowest BCUT2D eigenvalue weighted by Gasteiger charge is -2.24. The molecule has 2 aromatic heterocycles. The lowest BCUT2D eigenvalue weighted by atomic mass is 10.1. The van der Waals surface area contributed by atoms with Crippen molar-refractivity contribution < 1.29 is 23.7 Å². The zero-order valence-electron chi connectivity index (χ0n) is 19.3. The average Bonchev–Trinajstić information content (AvgIpc) is 3.19. The normalized spacial score (nSPS) is 12.2. The van der Waals surface area contributed by atoms with Crippen molar-refractivity contribution in [3.63, 3.8) is 0 Å². The summed E-state index contributed by atoms with van der Waals surface area (Å²) in [6.07, 6.45) is 1.78. The topological polar surface area (TPSA) is 124 Å². The largest absolute Gasteiger partial charge is 0.471 e. The van der Waals surface area contributed by atoms with Gasteiger partial charge in [-0.2, -0.15) is 9.97 Å². The van der Waals surface area contributed by atoms with Gasteiger partial charge < -0.3 is 29.2 Å². The SMILES string of the molecule is CCOC(CC(COC(C)=O)Cn1cnc2nc(N)nc(OCc3ccccc3)c21)OCC. The molecule has 0 bridgehead atoms. The van der Waals surface area contributed by atoms with Crippen molar-refractivity contribution in [1.82, 2.24) is 19.5 Å². The molecule has 0 saturated heterocycles. The van der Waals surface area contributed by atoms with Crippen molar-refractivity contribution in [3.8, 4) is 5.88 Å². The second-order valence-electron chi connectivity index (χ2n) is 7.47. The molecular weight excluding hydrogens is 426 g/mol. The van der Waals surface area contributed by atoms with Crippen molar-refractivity contribution in [2.24, 2.45) is 5.92 Å². The Hall–Kier alpha value is -3.24.